The topological polar surface area (TPSA) is 57.0 Å². The Labute approximate surface area is 151 Å². The van der Waals surface area contributed by atoms with Crippen LogP contribution in [0.25, 0.3) is 16.7 Å². The fourth-order valence-electron chi connectivity index (χ4n) is 2.60. The van der Waals surface area contributed by atoms with Crippen molar-refractivity contribution in [1.82, 2.24) is 14.5 Å². The van der Waals surface area contributed by atoms with Gasteiger partial charge in [0.05, 0.1) is 33.5 Å². The molecule has 0 aliphatic rings. The minimum Gasteiger partial charge on any atom is -0.408 e. The van der Waals surface area contributed by atoms with E-state index >= 15 is 0 Å². The van der Waals surface area contributed by atoms with E-state index < -0.39 is 22.7 Å². The van der Waals surface area contributed by atoms with Gasteiger partial charge in [0, 0.05) is 19.4 Å². The highest BCUT2D eigenvalue weighted by Gasteiger charge is 2.34. The summed E-state index contributed by atoms with van der Waals surface area (Å²) in [6, 6.07) is 5.31. The highest BCUT2D eigenvalue weighted by atomic mass is 35.5. The van der Waals surface area contributed by atoms with Crippen molar-refractivity contribution in [2.75, 3.05) is 0 Å². The number of carbonyl (C=O) groups is 1. The zero-order valence-electron chi connectivity index (χ0n) is 13.8. The van der Waals surface area contributed by atoms with E-state index in [0.717, 1.165) is 6.07 Å². The van der Waals surface area contributed by atoms with Crippen molar-refractivity contribution in [3.05, 3.63) is 46.9 Å². The summed E-state index contributed by atoms with van der Waals surface area (Å²) in [5.41, 5.74) is 0.253. The standard InChI is InChI=1S/C17H13ClF3N3O2/c1-3-15-23-13-6-11(17(19,20)21)12(18)7-14(13)24(15)10-4-5-16(22-8-10)26-9(2)25/h4-8H,3H2,1-2H3. The number of esters is 1. The maximum atomic E-state index is 13.1. The Bertz CT molecular complexity index is 982. The van der Waals surface area contributed by atoms with Gasteiger partial charge in [-0.1, -0.05) is 18.5 Å². The number of carbonyl (C=O) groups excluding carboxylic acids is 1. The largest absolute Gasteiger partial charge is 0.417 e. The molecule has 1 aromatic carbocycles. The number of alkyl halides is 3. The monoisotopic (exact) mass is 383 g/mol. The number of rotatable bonds is 3. The highest BCUT2D eigenvalue weighted by Crippen LogP contribution is 2.37. The van der Waals surface area contributed by atoms with Crippen molar-refractivity contribution in [1.29, 1.82) is 0 Å². The van der Waals surface area contributed by atoms with E-state index in [4.69, 9.17) is 16.3 Å². The summed E-state index contributed by atoms with van der Waals surface area (Å²) in [5.74, 6) is 0.178. The molecule has 2 aromatic heterocycles. The van der Waals surface area contributed by atoms with Gasteiger partial charge in [0.1, 0.15) is 5.82 Å². The van der Waals surface area contributed by atoms with Crippen LogP contribution in [0.5, 0.6) is 5.88 Å². The molecule has 26 heavy (non-hydrogen) atoms. The lowest BCUT2D eigenvalue weighted by atomic mass is 10.2. The number of imidazole rings is 1. The van der Waals surface area contributed by atoms with Crippen molar-refractivity contribution in [2.24, 2.45) is 0 Å². The molecular formula is C17H13ClF3N3O2. The van der Waals surface area contributed by atoms with Crippen LogP contribution in [-0.4, -0.2) is 20.5 Å². The van der Waals surface area contributed by atoms with Gasteiger partial charge in [-0.05, 0) is 18.2 Å². The van der Waals surface area contributed by atoms with Gasteiger partial charge in [-0.25, -0.2) is 9.97 Å². The predicted octanol–water partition coefficient (Wildman–Crippen LogP) is 4.58. The van der Waals surface area contributed by atoms with Gasteiger partial charge in [0.2, 0.25) is 5.88 Å². The van der Waals surface area contributed by atoms with Crippen molar-refractivity contribution < 1.29 is 22.7 Å². The zero-order chi connectivity index (χ0) is 19.1. The third-order valence-corrected chi connectivity index (χ3v) is 3.97. The fraction of sp³-hybridized carbons (Fsp3) is 0.235. The van der Waals surface area contributed by atoms with Gasteiger partial charge >= 0.3 is 12.1 Å². The lowest BCUT2D eigenvalue weighted by Gasteiger charge is -2.11. The van der Waals surface area contributed by atoms with Crippen molar-refractivity contribution in [3.8, 4) is 11.6 Å². The molecule has 0 radical (unpaired) electrons. The van der Waals surface area contributed by atoms with Crippen LogP contribution in [0.3, 0.4) is 0 Å². The molecular weight excluding hydrogens is 371 g/mol. The van der Waals surface area contributed by atoms with Gasteiger partial charge in [0.25, 0.3) is 0 Å². The number of benzene rings is 1. The van der Waals surface area contributed by atoms with E-state index in [1.165, 1.54) is 25.3 Å². The molecule has 0 aliphatic heterocycles. The van der Waals surface area contributed by atoms with Crippen LogP contribution in [0, 0.1) is 0 Å². The van der Waals surface area contributed by atoms with E-state index in [-0.39, 0.29) is 11.4 Å². The highest BCUT2D eigenvalue weighted by molar-refractivity contribution is 6.32. The number of aromatic nitrogens is 3. The lowest BCUT2D eigenvalue weighted by Crippen LogP contribution is -2.06. The number of aryl methyl sites for hydroxylation is 1. The van der Waals surface area contributed by atoms with Gasteiger partial charge in [-0.15, -0.1) is 0 Å². The number of pyridine rings is 1. The Kier molecular flexibility index (Phi) is 4.62. The summed E-state index contributed by atoms with van der Waals surface area (Å²) in [7, 11) is 0. The molecule has 0 saturated carbocycles. The quantitative estimate of drug-likeness (QED) is 0.621. The van der Waals surface area contributed by atoms with Crippen LogP contribution in [0.1, 0.15) is 25.2 Å². The number of ether oxygens (including phenoxy) is 1. The van der Waals surface area contributed by atoms with E-state index in [1.54, 1.807) is 10.6 Å². The zero-order valence-corrected chi connectivity index (χ0v) is 14.5. The lowest BCUT2D eigenvalue weighted by molar-refractivity contribution is -0.137. The second kappa shape index (κ2) is 6.60. The second-order valence-corrected chi connectivity index (χ2v) is 5.89. The Balaban J connectivity index is 2.16. The maximum absolute atomic E-state index is 13.1. The molecule has 0 bridgehead atoms. The summed E-state index contributed by atoms with van der Waals surface area (Å²) in [6.45, 7) is 3.10. The average molecular weight is 384 g/mol. The van der Waals surface area contributed by atoms with Crippen LogP contribution >= 0.6 is 11.6 Å². The Morgan fingerprint density at radius 3 is 2.58 bits per heavy atom. The summed E-state index contributed by atoms with van der Waals surface area (Å²) < 4.78 is 45.8. The molecule has 3 aromatic rings. The fourth-order valence-corrected chi connectivity index (χ4v) is 2.87. The molecule has 2 heterocycles. The number of nitrogens with zero attached hydrogens (tertiary/aromatic N) is 3. The molecule has 0 unspecified atom stereocenters. The van der Waals surface area contributed by atoms with Crippen LogP contribution in [-0.2, 0) is 17.4 Å². The molecule has 0 saturated heterocycles. The average Bonchev–Trinajstić information content (AvgIpc) is 2.91. The number of hydrogen-bond acceptors (Lipinski definition) is 4. The Morgan fingerprint density at radius 1 is 1.31 bits per heavy atom. The van der Waals surface area contributed by atoms with Crippen molar-refractivity contribution >= 4 is 28.6 Å². The predicted molar refractivity (Wildman–Crippen MR) is 89.6 cm³/mol. The molecule has 0 amide bonds. The van der Waals surface area contributed by atoms with Gasteiger partial charge in [-0.2, -0.15) is 13.2 Å². The SMILES string of the molecule is CCc1nc2cc(C(F)(F)F)c(Cl)cc2n1-c1ccc(OC(C)=O)nc1. The third kappa shape index (κ3) is 3.37. The molecule has 0 atom stereocenters. The number of hydrogen-bond donors (Lipinski definition) is 0. The molecule has 136 valence electrons. The van der Waals surface area contributed by atoms with Gasteiger partial charge in [-0.3, -0.25) is 9.36 Å². The first-order valence-electron chi connectivity index (χ1n) is 7.63. The summed E-state index contributed by atoms with van der Waals surface area (Å²) in [4.78, 5) is 19.3. The van der Waals surface area contributed by atoms with Crippen molar-refractivity contribution in [3.63, 3.8) is 0 Å². The van der Waals surface area contributed by atoms with Crippen LogP contribution in [0.15, 0.2) is 30.5 Å². The van der Waals surface area contributed by atoms with E-state index in [0.29, 0.717) is 23.4 Å². The van der Waals surface area contributed by atoms with Crippen LogP contribution in [0.4, 0.5) is 13.2 Å². The number of fused-ring (bicyclic) bond motifs is 1. The van der Waals surface area contributed by atoms with E-state index in [9.17, 15) is 18.0 Å². The van der Waals surface area contributed by atoms with E-state index in [2.05, 4.69) is 9.97 Å². The Morgan fingerprint density at radius 2 is 2.04 bits per heavy atom. The first-order valence-corrected chi connectivity index (χ1v) is 8.01. The first-order chi connectivity index (χ1) is 12.2. The van der Waals surface area contributed by atoms with Crippen LogP contribution < -0.4 is 4.74 Å². The molecule has 9 heteroatoms. The Hall–Kier alpha value is -2.61. The first kappa shape index (κ1) is 18.2. The molecule has 0 aliphatic carbocycles. The molecule has 0 spiro atoms. The molecule has 0 N–H and O–H groups in total. The second-order valence-electron chi connectivity index (χ2n) is 5.48. The summed E-state index contributed by atoms with van der Waals surface area (Å²) >= 11 is 5.85. The van der Waals surface area contributed by atoms with Crippen molar-refractivity contribution in [2.45, 2.75) is 26.4 Å². The maximum Gasteiger partial charge on any atom is 0.417 e. The van der Waals surface area contributed by atoms with Gasteiger partial charge in [0.15, 0.2) is 0 Å². The van der Waals surface area contributed by atoms with Crippen LogP contribution in [0.2, 0.25) is 5.02 Å². The third-order valence-electron chi connectivity index (χ3n) is 3.66. The minimum absolute atomic E-state index is 0.126. The normalized spacial score (nSPS) is 11.8. The van der Waals surface area contributed by atoms with E-state index in [1.807, 2.05) is 6.92 Å². The molecule has 3 rings (SSSR count). The molecule has 5 nitrogen and oxygen atoms in total. The molecule has 0 fully saturated rings. The summed E-state index contributed by atoms with van der Waals surface area (Å²) in [6.07, 6.45) is -2.63. The number of halogens is 4. The summed E-state index contributed by atoms with van der Waals surface area (Å²) in [5, 5.41) is -0.404. The van der Waals surface area contributed by atoms with Gasteiger partial charge < -0.3 is 4.74 Å². The minimum atomic E-state index is -4.56. The smallest absolute Gasteiger partial charge is 0.408 e.